The zero-order valence-electron chi connectivity index (χ0n) is 22.1. The molecule has 5 heteroatoms. The summed E-state index contributed by atoms with van der Waals surface area (Å²) in [4.78, 5) is 4.68. The molecule has 1 aliphatic heterocycles. The van der Waals surface area contributed by atoms with Crippen LogP contribution in [0.5, 0.6) is 11.5 Å². The van der Waals surface area contributed by atoms with E-state index in [4.69, 9.17) is 9.47 Å². The SMILES string of the molecule is COc1cc(C=Nc2ccc([C@@H]3Nc4ccc(C)cc4[C@@H]4C=CC[C@H]43)cc2)ccc1OCc1ccccc1F. The maximum Gasteiger partial charge on any atom is 0.161 e. The second-order valence-electron chi connectivity index (χ2n) is 10.2. The standard InChI is InChI=1S/C34H31FN2O2/c1-22-10-16-31-29(18-22)27-7-5-8-28(27)34(37-31)24-12-14-26(15-13-24)36-20-23-11-17-32(33(19-23)38-2)39-21-25-6-3-4-9-30(25)35/h3-7,9-20,27-28,34,37H,8,21H2,1-2H3/t27-,28-,34+/m1/s1. The van der Waals surface area contributed by atoms with E-state index in [0.29, 0.717) is 28.9 Å². The fraction of sp³-hybridized carbons (Fsp3) is 0.206. The molecule has 6 rings (SSSR count). The van der Waals surface area contributed by atoms with Crippen LogP contribution in [0.1, 0.15) is 46.2 Å². The molecule has 0 fully saturated rings. The molecule has 0 radical (unpaired) electrons. The van der Waals surface area contributed by atoms with Crippen LogP contribution < -0.4 is 14.8 Å². The van der Waals surface area contributed by atoms with Gasteiger partial charge in [-0.1, -0.05) is 60.2 Å². The number of anilines is 1. The fourth-order valence-electron chi connectivity index (χ4n) is 5.62. The Morgan fingerprint density at radius 1 is 0.974 bits per heavy atom. The molecular weight excluding hydrogens is 487 g/mol. The molecule has 0 aromatic heterocycles. The molecular formula is C34H31FN2O2. The molecule has 4 nitrogen and oxygen atoms in total. The smallest absolute Gasteiger partial charge is 0.161 e. The van der Waals surface area contributed by atoms with E-state index in [1.807, 2.05) is 24.4 Å². The van der Waals surface area contributed by atoms with Gasteiger partial charge < -0.3 is 14.8 Å². The minimum Gasteiger partial charge on any atom is -0.493 e. The summed E-state index contributed by atoms with van der Waals surface area (Å²) < 4.78 is 25.3. The van der Waals surface area contributed by atoms with Gasteiger partial charge in [0.1, 0.15) is 12.4 Å². The van der Waals surface area contributed by atoms with Crippen molar-refractivity contribution < 1.29 is 13.9 Å². The van der Waals surface area contributed by atoms with E-state index >= 15 is 0 Å². The third-order valence-corrected chi connectivity index (χ3v) is 7.66. The highest BCUT2D eigenvalue weighted by atomic mass is 19.1. The quantitative estimate of drug-likeness (QED) is 0.198. The van der Waals surface area contributed by atoms with Crippen molar-refractivity contribution in [3.8, 4) is 11.5 Å². The van der Waals surface area contributed by atoms with Crippen molar-refractivity contribution in [1.29, 1.82) is 0 Å². The second kappa shape index (κ2) is 10.8. The van der Waals surface area contributed by atoms with Crippen molar-refractivity contribution in [2.75, 3.05) is 12.4 Å². The van der Waals surface area contributed by atoms with Gasteiger partial charge >= 0.3 is 0 Å². The van der Waals surface area contributed by atoms with Crippen LogP contribution in [0, 0.1) is 18.7 Å². The zero-order chi connectivity index (χ0) is 26.8. The van der Waals surface area contributed by atoms with E-state index in [1.165, 1.54) is 28.4 Å². The Morgan fingerprint density at radius 3 is 2.64 bits per heavy atom. The first-order chi connectivity index (χ1) is 19.1. The number of hydrogen-bond acceptors (Lipinski definition) is 4. The Balaban J connectivity index is 1.15. The summed E-state index contributed by atoms with van der Waals surface area (Å²) in [6.45, 7) is 2.29. The van der Waals surface area contributed by atoms with E-state index in [9.17, 15) is 4.39 Å². The third-order valence-electron chi connectivity index (χ3n) is 7.66. The summed E-state index contributed by atoms with van der Waals surface area (Å²) in [6.07, 6.45) is 7.59. The molecule has 39 heavy (non-hydrogen) atoms. The van der Waals surface area contributed by atoms with Crippen molar-refractivity contribution in [1.82, 2.24) is 0 Å². The van der Waals surface area contributed by atoms with Gasteiger partial charge in [-0.2, -0.15) is 0 Å². The van der Waals surface area contributed by atoms with Crippen molar-refractivity contribution >= 4 is 17.6 Å². The molecule has 0 saturated heterocycles. The van der Waals surface area contributed by atoms with Crippen LogP contribution in [-0.4, -0.2) is 13.3 Å². The molecule has 3 atom stereocenters. The largest absolute Gasteiger partial charge is 0.493 e. The first-order valence-electron chi connectivity index (χ1n) is 13.3. The lowest BCUT2D eigenvalue weighted by Crippen LogP contribution is -2.29. The topological polar surface area (TPSA) is 42.8 Å². The Labute approximate surface area is 228 Å². The summed E-state index contributed by atoms with van der Waals surface area (Å²) in [5.41, 5.74) is 7.48. The molecule has 0 bridgehead atoms. The van der Waals surface area contributed by atoms with Crippen LogP contribution in [0.25, 0.3) is 0 Å². The van der Waals surface area contributed by atoms with E-state index < -0.39 is 0 Å². The second-order valence-corrected chi connectivity index (χ2v) is 10.2. The average Bonchev–Trinajstić information content (AvgIpc) is 3.46. The van der Waals surface area contributed by atoms with Crippen LogP contribution in [0.15, 0.2) is 102 Å². The van der Waals surface area contributed by atoms with Crippen LogP contribution in [0.4, 0.5) is 15.8 Å². The maximum atomic E-state index is 13.9. The Hall–Kier alpha value is -4.38. The van der Waals surface area contributed by atoms with Gasteiger partial charge in [0.15, 0.2) is 11.5 Å². The van der Waals surface area contributed by atoms with Crippen LogP contribution in [0.3, 0.4) is 0 Å². The van der Waals surface area contributed by atoms with Gasteiger partial charge in [0.25, 0.3) is 0 Å². The van der Waals surface area contributed by atoms with Gasteiger partial charge in [0, 0.05) is 23.4 Å². The van der Waals surface area contributed by atoms with Gasteiger partial charge in [0.05, 0.1) is 18.8 Å². The first-order valence-corrected chi connectivity index (χ1v) is 13.3. The minimum absolute atomic E-state index is 0.127. The Bertz CT molecular complexity index is 1540. The minimum atomic E-state index is -0.287. The number of rotatable bonds is 7. The number of nitrogens with one attached hydrogen (secondary N) is 1. The number of fused-ring (bicyclic) bond motifs is 3. The van der Waals surface area contributed by atoms with Gasteiger partial charge in [-0.05, 0) is 78.4 Å². The summed E-state index contributed by atoms with van der Waals surface area (Å²) in [5.74, 6) is 1.81. The molecule has 2 aliphatic rings. The Morgan fingerprint density at radius 2 is 1.82 bits per heavy atom. The Kier molecular flexibility index (Phi) is 6.89. The van der Waals surface area contributed by atoms with Crippen molar-refractivity contribution in [2.45, 2.75) is 31.9 Å². The molecule has 0 amide bonds. The van der Waals surface area contributed by atoms with Gasteiger partial charge in [-0.25, -0.2) is 4.39 Å². The molecule has 1 aliphatic carbocycles. The van der Waals surface area contributed by atoms with Gasteiger partial charge in [-0.3, -0.25) is 4.99 Å². The molecule has 0 spiro atoms. The number of allylic oxidation sites excluding steroid dienone is 2. The van der Waals surface area contributed by atoms with Gasteiger partial charge in [-0.15, -0.1) is 0 Å². The van der Waals surface area contributed by atoms with Crippen LogP contribution in [-0.2, 0) is 6.61 Å². The molecule has 196 valence electrons. The number of aliphatic imine (C=N–C) groups is 1. The van der Waals surface area contributed by atoms with E-state index in [2.05, 4.69) is 71.8 Å². The molecule has 1 N–H and O–H groups in total. The molecule has 0 saturated carbocycles. The van der Waals surface area contributed by atoms with Crippen molar-refractivity contribution in [2.24, 2.45) is 10.9 Å². The number of aryl methyl sites for hydroxylation is 1. The van der Waals surface area contributed by atoms with Gasteiger partial charge in [0.2, 0.25) is 0 Å². The fourth-order valence-corrected chi connectivity index (χ4v) is 5.62. The predicted molar refractivity (Wildman–Crippen MR) is 155 cm³/mol. The van der Waals surface area contributed by atoms with E-state index in [-0.39, 0.29) is 18.5 Å². The highest BCUT2D eigenvalue weighted by molar-refractivity contribution is 5.83. The monoisotopic (exact) mass is 518 g/mol. The van der Waals surface area contributed by atoms with Crippen molar-refractivity contribution in [3.05, 3.63) is 131 Å². The molecule has 4 aromatic carbocycles. The number of hydrogen-bond donors (Lipinski definition) is 1. The number of benzene rings is 4. The number of methoxy groups -OCH3 is 1. The van der Waals surface area contributed by atoms with E-state index in [0.717, 1.165) is 17.7 Å². The first kappa shape index (κ1) is 24.9. The molecule has 4 aromatic rings. The lowest BCUT2D eigenvalue weighted by atomic mass is 9.76. The lowest BCUT2D eigenvalue weighted by Gasteiger charge is -2.37. The average molecular weight is 519 g/mol. The predicted octanol–water partition coefficient (Wildman–Crippen LogP) is 8.30. The van der Waals surface area contributed by atoms with E-state index in [1.54, 1.807) is 25.3 Å². The number of ether oxygens (including phenoxy) is 2. The highest BCUT2D eigenvalue weighted by Gasteiger charge is 2.37. The highest BCUT2D eigenvalue weighted by Crippen LogP contribution is 2.50. The summed E-state index contributed by atoms with van der Waals surface area (Å²) >= 11 is 0. The molecule has 0 unspecified atom stereocenters. The number of halogens is 1. The summed E-state index contributed by atoms with van der Waals surface area (Å²) in [7, 11) is 1.59. The van der Waals surface area contributed by atoms with Crippen molar-refractivity contribution in [3.63, 3.8) is 0 Å². The summed E-state index contributed by atoms with van der Waals surface area (Å²) in [5, 5.41) is 3.81. The van der Waals surface area contributed by atoms with Crippen LogP contribution in [0.2, 0.25) is 0 Å². The third kappa shape index (κ3) is 5.17. The van der Waals surface area contributed by atoms with Crippen LogP contribution >= 0.6 is 0 Å². The maximum absolute atomic E-state index is 13.9. The normalized spacial score (nSPS) is 19.4. The number of nitrogens with zero attached hydrogens (tertiary/aromatic N) is 1. The molecule has 1 heterocycles. The zero-order valence-corrected chi connectivity index (χ0v) is 22.1. The summed E-state index contributed by atoms with van der Waals surface area (Å²) in [6, 6.07) is 27.7. The lowest BCUT2D eigenvalue weighted by molar-refractivity contribution is 0.279.